The van der Waals surface area contributed by atoms with Gasteiger partial charge in [0, 0.05) is 29.7 Å². The number of hydrogen-bond acceptors (Lipinski definition) is 3. The summed E-state index contributed by atoms with van der Waals surface area (Å²) < 4.78 is 0. The molecule has 328 valence electrons. The lowest BCUT2D eigenvalue weighted by molar-refractivity contribution is 1.33. The minimum absolute atomic E-state index is 0.566. The number of nitrogens with zero attached hydrogens (tertiary/aromatic N) is 4. The molecular weight excluding hydrogens is 849 g/mol. The standard InChI is InChI=1S/C66H44N4/c1-67-66-45-52(65-28-14-17-39-70-65)32-31-49(66)30-29-46-40-53(55-22-8-10-24-57(55)59-35-33-50(63-26-12-15-37-68-63)43-61(59)47-18-4-2-5-19-47)42-54(41-46)56-23-9-11-25-58(56)60-36-34-51(64-27-13-16-38-69-64)44-62(60)48-20-6-3-7-21-48/h2-45H/b30-29-. The number of aromatic nitrogens is 3. The fourth-order valence-electron chi connectivity index (χ4n) is 9.32. The van der Waals surface area contributed by atoms with Crippen LogP contribution in [-0.2, 0) is 0 Å². The Hall–Kier alpha value is -9.56. The first-order chi connectivity index (χ1) is 34.7. The highest BCUT2D eigenvalue weighted by molar-refractivity contribution is 5.97. The van der Waals surface area contributed by atoms with Gasteiger partial charge in [0.1, 0.15) is 0 Å². The summed E-state index contributed by atoms with van der Waals surface area (Å²) in [6.07, 6.45) is 9.66. The third kappa shape index (κ3) is 8.99. The van der Waals surface area contributed by atoms with Gasteiger partial charge in [-0.25, -0.2) is 4.85 Å². The molecule has 0 saturated carbocycles. The van der Waals surface area contributed by atoms with E-state index in [0.29, 0.717) is 5.69 Å². The minimum Gasteiger partial charge on any atom is -0.256 e. The normalized spacial score (nSPS) is 11.1. The smallest absolute Gasteiger partial charge is 0.194 e. The zero-order chi connectivity index (χ0) is 47.1. The van der Waals surface area contributed by atoms with Crippen molar-refractivity contribution in [3.63, 3.8) is 0 Å². The van der Waals surface area contributed by atoms with Crippen LogP contribution in [0.4, 0.5) is 5.69 Å². The van der Waals surface area contributed by atoms with Gasteiger partial charge in [-0.05, 0) is 156 Å². The summed E-state index contributed by atoms with van der Waals surface area (Å²) in [5.74, 6) is 0. The van der Waals surface area contributed by atoms with Gasteiger partial charge in [0.25, 0.3) is 0 Å². The monoisotopic (exact) mass is 892 g/mol. The molecule has 4 heteroatoms. The van der Waals surface area contributed by atoms with Crippen LogP contribution in [0.3, 0.4) is 0 Å². The van der Waals surface area contributed by atoms with Crippen molar-refractivity contribution in [2.24, 2.45) is 0 Å². The van der Waals surface area contributed by atoms with E-state index in [-0.39, 0.29) is 0 Å². The molecule has 4 nitrogen and oxygen atoms in total. The van der Waals surface area contributed by atoms with Gasteiger partial charge in [-0.3, -0.25) is 15.0 Å². The van der Waals surface area contributed by atoms with E-state index < -0.39 is 0 Å². The maximum atomic E-state index is 8.18. The Bertz CT molecular complexity index is 3500. The third-order valence-electron chi connectivity index (χ3n) is 12.7. The largest absolute Gasteiger partial charge is 0.256 e. The van der Waals surface area contributed by atoms with Crippen LogP contribution in [0.5, 0.6) is 0 Å². The Balaban J connectivity index is 1.10. The van der Waals surface area contributed by atoms with Crippen molar-refractivity contribution in [1.29, 1.82) is 0 Å². The van der Waals surface area contributed by atoms with Crippen molar-refractivity contribution in [3.05, 3.63) is 278 Å². The van der Waals surface area contributed by atoms with Crippen LogP contribution in [0, 0.1) is 6.57 Å². The SMILES string of the molecule is [C-]#[N+]c1cc(-c2ccccn2)ccc1/C=C\c1cc(-c2ccccc2-c2ccc(-c3ccccn3)cc2-c2ccccc2)cc(-c2ccccc2-c2ccc(-c3ccccn3)cc2-c2ccccc2)c1. The molecule has 11 rings (SSSR count). The van der Waals surface area contributed by atoms with Gasteiger partial charge in [0.15, 0.2) is 5.69 Å². The molecule has 0 radical (unpaired) electrons. The second-order valence-electron chi connectivity index (χ2n) is 17.1. The Morgan fingerprint density at radius 3 is 1.13 bits per heavy atom. The molecule has 3 heterocycles. The summed E-state index contributed by atoms with van der Waals surface area (Å²) in [6.45, 7) is 8.18. The summed E-state index contributed by atoms with van der Waals surface area (Å²) in [4.78, 5) is 17.9. The summed E-state index contributed by atoms with van der Waals surface area (Å²) in [5, 5.41) is 0. The van der Waals surface area contributed by atoms with Crippen LogP contribution < -0.4 is 0 Å². The zero-order valence-electron chi connectivity index (χ0n) is 38.2. The predicted octanol–water partition coefficient (Wildman–Crippen LogP) is 17.6. The van der Waals surface area contributed by atoms with Crippen molar-refractivity contribution in [2.75, 3.05) is 0 Å². The zero-order valence-corrected chi connectivity index (χ0v) is 38.2. The van der Waals surface area contributed by atoms with Gasteiger partial charge in [-0.1, -0.05) is 176 Å². The second kappa shape index (κ2) is 19.7. The van der Waals surface area contributed by atoms with Crippen molar-refractivity contribution < 1.29 is 0 Å². The van der Waals surface area contributed by atoms with Gasteiger partial charge in [-0.15, -0.1) is 0 Å². The van der Waals surface area contributed by atoms with Gasteiger partial charge >= 0.3 is 0 Å². The van der Waals surface area contributed by atoms with Crippen molar-refractivity contribution >= 4 is 17.8 Å². The fourth-order valence-corrected chi connectivity index (χ4v) is 9.32. The van der Waals surface area contributed by atoms with E-state index in [2.05, 4.69) is 198 Å². The lowest BCUT2D eigenvalue weighted by Gasteiger charge is -2.19. The average Bonchev–Trinajstić information content (AvgIpc) is 3.45. The van der Waals surface area contributed by atoms with E-state index >= 15 is 0 Å². The molecule has 8 aromatic carbocycles. The molecule has 0 spiro atoms. The molecule has 3 aromatic heterocycles. The molecule has 0 aliphatic carbocycles. The van der Waals surface area contributed by atoms with E-state index in [9.17, 15) is 0 Å². The highest BCUT2D eigenvalue weighted by atomic mass is 14.7. The van der Waals surface area contributed by atoms with Gasteiger partial charge in [0.2, 0.25) is 0 Å². The van der Waals surface area contributed by atoms with Crippen LogP contribution in [0.15, 0.2) is 255 Å². The Kier molecular flexibility index (Phi) is 12.1. The summed E-state index contributed by atoms with van der Waals surface area (Å²) in [7, 11) is 0. The van der Waals surface area contributed by atoms with Crippen molar-refractivity contribution in [2.45, 2.75) is 0 Å². The van der Waals surface area contributed by atoms with E-state index in [1.165, 1.54) is 0 Å². The molecule has 70 heavy (non-hydrogen) atoms. The topological polar surface area (TPSA) is 43.0 Å². The lowest BCUT2D eigenvalue weighted by Crippen LogP contribution is -1.94. The number of hydrogen-bond donors (Lipinski definition) is 0. The van der Waals surface area contributed by atoms with Gasteiger partial charge < -0.3 is 0 Å². The number of rotatable bonds is 11. The Morgan fingerprint density at radius 2 is 0.686 bits per heavy atom. The van der Waals surface area contributed by atoms with Crippen LogP contribution in [-0.4, -0.2) is 15.0 Å². The highest BCUT2D eigenvalue weighted by Crippen LogP contribution is 2.44. The lowest BCUT2D eigenvalue weighted by atomic mass is 9.85. The summed E-state index contributed by atoms with van der Waals surface area (Å²) in [5.41, 5.74) is 21.5. The molecule has 0 aliphatic rings. The first-order valence-corrected chi connectivity index (χ1v) is 23.3. The molecule has 0 aliphatic heterocycles. The first kappa shape index (κ1) is 43.0. The van der Waals surface area contributed by atoms with Crippen LogP contribution in [0.1, 0.15) is 11.1 Å². The molecule has 0 saturated heterocycles. The van der Waals surface area contributed by atoms with E-state index in [0.717, 1.165) is 112 Å². The quantitative estimate of drug-likeness (QED) is 0.0960. The van der Waals surface area contributed by atoms with E-state index in [4.69, 9.17) is 16.5 Å². The molecular formula is C66H44N4. The third-order valence-corrected chi connectivity index (χ3v) is 12.7. The summed E-state index contributed by atoms with van der Waals surface area (Å²) >= 11 is 0. The number of benzene rings is 8. The molecule has 0 atom stereocenters. The maximum absolute atomic E-state index is 8.18. The molecule has 0 amide bonds. The Labute approximate surface area is 409 Å². The highest BCUT2D eigenvalue weighted by Gasteiger charge is 2.19. The minimum atomic E-state index is 0.566. The van der Waals surface area contributed by atoms with E-state index in [1.54, 1.807) is 6.20 Å². The molecule has 0 bridgehead atoms. The molecule has 0 unspecified atom stereocenters. The first-order valence-electron chi connectivity index (χ1n) is 23.3. The molecule has 0 N–H and O–H groups in total. The Morgan fingerprint density at radius 1 is 0.286 bits per heavy atom. The van der Waals surface area contributed by atoms with Crippen LogP contribution in [0.2, 0.25) is 0 Å². The average molecular weight is 893 g/mol. The van der Waals surface area contributed by atoms with Crippen molar-refractivity contribution in [3.8, 4) is 101 Å². The predicted molar refractivity (Wildman–Crippen MR) is 290 cm³/mol. The van der Waals surface area contributed by atoms with Crippen LogP contribution in [0.25, 0.3) is 118 Å². The van der Waals surface area contributed by atoms with Gasteiger partial charge in [0.05, 0.1) is 23.7 Å². The molecule has 0 fully saturated rings. The maximum Gasteiger partial charge on any atom is 0.194 e. The van der Waals surface area contributed by atoms with E-state index in [1.807, 2.05) is 73.1 Å². The van der Waals surface area contributed by atoms with Gasteiger partial charge in [-0.2, -0.15) is 0 Å². The van der Waals surface area contributed by atoms with Crippen molar-refractivity contribution in [1.82, 2.24) is 15.0 Å². The molecule has 11 aromatic rings. The second-order valence-corrected chi connectivity index (χ2v) is 17.1. The van der Waals surface area contributed by atoms with Crippen LogP contribution >= 0.6 is 0 Å². The summed E-state index contributed by atoms with van der Waals surface area (Å²) in [6, 6.07) is 82.8. The number of pyridine rings is 3. The fraction of sp³-hybridized carbons (Fsp3) is 0.